The Balaban J connectivity index is 1.92. The molecule has 8 nitrogen and oxygen atoms in total. The van der Waals surface area contributed by atoms with Gasteiger partial charge in [0.05, 0.1) is 35.9 Å². The van der Waals surface area contributed by atoms with Gasteiger partial charge in [0.25, 0.3) is 5.91 Å². The zero-order valence-corrected chi connectivity index (χ0v) is 18.7. The molecule has 2 amide bonds. The monoisotopic (exact) mass is 429 g/mol. The van der Waals surface area contributed by atoms with Crippen LogP contribution in [0.3, 0.4) is 0 Å². The van der Waals surface area contributed by atoms with Crippen molar-refractivity contribution in [2.24, 2.45) is 5.92 Å². The van der Waals surface area contributed by atoms with E-state index in [1.807, 2.05) is 6.92 Å². The Labute approximate surface area is 183 Å². The number of nitrogens with zero attached hydrogens (tertiary/aromatic N) is 3. The smallest absolute Gasteiger partial charge is 0.257 e. The largest absolute Gasteiger partial charge is 0.491 e. The lowest BCUT2D eigenvalue weighted by atomic mass is 9.98. The van der Waals surface area contributed by atoms with Gasteiger partial charge >= 0.3 is 0 Å². The molecule has 31 heavy (non-hydrogen) atoms. The van der Waals surface area contributed by atoms with Crippen molar-refractivity contribution in [3.63, 3.8) is 0 Å². The number of carbonyl (C=O) groups is 2. The van der Waals surface area contributed by atoms with E-state index in [2.05, 4.69) is 6.07 Å². The molecule has 2 aliphatic rings. The number of methoxy groups -OCH3 is 1. The van der Waals surface area contributed by atoms with Gasteiger partial charge in [-0.1, -0.05) is 13.0 Å². The fraction of sp³-hybridized carbons (Fsp3) is 0.609. The molecule has 0 unspecified atom stereocenters. The molecule has 2 bridgehead atoms. The summed E-state index contributed by atoms with van der Waals surface area (Å²) in [6, 6.07) is 7.07. The highest BCUT2D eigenvalue weighted by Crippen LogP contribution is 2.28. The molecular weight excluding hydrogens is 398 g/mol. The van der Waals surface area contributed by atoms with E-state index >= 15 is 0 Å². The molecule has 2 aliphatic heterocycles. The van der Waals surface area contributed by atoms with Gasteiger partial charge in [0.2, 0.25) is 5.91 Å². The average Bonchev–Trinajstić information content (AvgIpc) is 2.77. The van der Waals surface area contributed by atoms with Crippen LogP contribution in [0.1, 0.15) is 42.1 Å². The number of fused-ring (bicyclic) bond motifs is 3. The maximum Gasteiger partial charge on any atom is 0.257 e. The van der Waals surface area contributed by atoms with Gasteiger partial charge in [0.1, 0.15) is 17.9 Å². The summed E-state index contributed by atoms with van der Waals surface area (Å²) >= 11 is 0. The van der Waals surface area contributed by atoms with E-state index in [0.717, 1.165) is 12.8 Å². The molecule has 0 saturated carbocycles. The lowest BCUT2D eigenvalue weighted by Gasteiger charge is -2.38. The van der Waals surface area contributed by atoms with Crippen LogP contribution in [0.5, 0.6) is 5.75 Å². The van der Waals surface area contributed by atoms with Gasteiger partial charge in [0.15, 0.2) is 0 Å². The van der Waals surface area contributed by atoms with Crippen molar-refractivity contribution >= 4 is 11.8 Å². The fourth-order valence-corrected chi connectivity index (χ4v) is 4.34. The average molecular weight is 430 g/mol. The number of rotatable bonds is 1. The van der Waals surface area contributed by atoms with Gasteiger partial charge in [-0.05, 0) is 25.0 Å². The van der Waals surface area contributed by atoms with Crippen LogP contribution in [0, 0.1) is 17.2 Å². The Kier molecular flexibility index (Phi) is 7.52. The number of para-hydroxylation sites is 1. The Morgan fingerprint density at radius 3 is 2.61 bits per heavy atom. The minimum absolute atomic E-state index is 0.0430. The standard InChI is InChI=1S/C23H31N3O5/c1-15-13-25(2)23(28)18-7-5-6-16(12-24)21(18)30-11-10-17-8-9-19(29-4)20(31-17)14-26(3)22(15)27/h5-7,15,17,19-20H,8-11,13-14H2,1-4H3/t15-,17+,19+,20+/m1/s1. The first kappa shape index (κ1) is 23.0. The topological polar surface area (TPSA) is 92.1 Å². The second-order valence-corrected chi connectivity index (χ2v) is 8.38. The number of benzene rings is 1. The Bertz CT molecular complexity index is 852. The Hall–Kier alpha value is -2.63. The quantitative estimate of drug-likeness (QED) is 0.679. The van der Waals surface area contributed by atoms with E-state index in [0.29, 0.717) is 30.7 Å². The number of hydrogen-bond acceptors (Lipinski definition) is 6. The number of amides is 2. The molecule has 0 radical (unpaired) electrons. The molecule has 1 aromatic carbocycles. The third kappa shape index (κ3) is 5.17. The molecule has 0 spiro atoms. The highest BCUT2D eigenvalue weighted by molar-refractivity contribution is 5.97. The van der Waals surface area contributed by atoms with Crippen LogP contribution in [0.25, 0.3) is 0 Å². The second-order valence-electron chi connectivity index (χ2n) is 8.38. The van der Waals surface area contributed by atoms with Crippen LogP contribution in [-0.2, 0) is 14.3 Å². The van der Waals surface area contributed by atoms with Crippen LogP contribution in [-0.4, -0.2) is 80.8 Å². The van der Waals surface area contributed by atoms with Gasteiger partial charge < -0.3 is 24.0 Å². The van der Waals surface area contributed by atoms with Gasteiger partial charge in [-0.15, -0.1) is 0 Å². The van der Waals surface area contributed by atoms with Crippen molar-refractivity contribution < 1.29 is 23.8 Å². The lowest BCUT2D eigenvalue weighted by Crippen LogP contribution is -2.49. The van der Waals surface area contributed by atoms with Gasteiger partial charge in [-0.3, -0.25) is 9.59 Å². The third-order valence-corrected chi connectivity index (χ3v) is 6.06. The normalized spacial score (nSPS) is 28.1. The third-order valence-electron chi connectivity index (χ3n) is 6.06. The first-order valence-corrected chi connectivity index (χ1v) is 10.7. The van der Waals surface area contributed by atoms with E-state index in [1.165, 1.54) is 4.90 Å². The molecule has 0 aliphatic carbocycles. The van der Waals surface area contributed by atoms with Crippen molar-refractivity contribution in [2.75, 3.05) is 40.9 Å². The summed E-state index contributed by atoms with van der Waals surface area (Å²) in [6.07, 6.45) is 1.93. The highest BCUT2D eigenvalue weighted by Gasteiger charge is 2.34. The first-order valence-electron chi connectivity index (χ1n) is 10.7. The van der Waals surface area contributed by atoms with E-state index in [9.17, 15) is 14.9 Å². The fourth-order valence-electron chi connectivity index (χ4n) is 4.34. The van der Waals surface area contributed by atoms with E-state index in [-0.39, 0.29) is 42.4 Å². The van der Waals surface area contributed by atoms with E-state index in [1.54, 1.807) is 44.3 Å². The van der Waals surface area contributed by atoms with Crippen LogP contribution < -0.4 is 4.74 Å². The predicted molar refractivity (Wildman–Crippen MR) is 114 cm³/mol. The minimum atomic E-state index is -0.395. The zero-order valence-electron chi connectivity index (χ0n) is 18.7. The number of carbonyl (C=O) groups excluding carboxylic acids is 2. The molecule has 1 saturated heterocycles. The summed E-state index contributed by atoms with van der Waals surface area (Å²) in [4.78, 5) is 29.2. The summed E-state index contributed by atoms with van der Waals surface area (Å²) in [5.74, 6) is -0.445. The van der Waals surface area contributed by atoms with Crippen LogP contribution >= 0.6 is 0 Å². The molecule has 2 heterocycles. The second kappa shape index (κ2) is 10.1. The van der Waals surface area contributed by atoms with E-state index < -0.39 is 5.92 Å². The Morgan fingerprint density at radius 2 is 1.90 bits per heavy atom. The predicted octanol–water partition coefficient (Wildman–Crippen LogP) is 2.07. The SMILES string of the molecule is CO[C@H]1CC[C@H]2CCOc3c(C#N)cccc3C(=O)N(C)C[C@@H](C)C(=O)N(C)C[C@@H]1O2. The summed E-state index contributed by atoms with van der Waals surface area (Å²) in [5, 5.41) is 9.51. The molecule has 3 rings (SSSR count). The van der Waals surface area contributed by atoms with Crippen molar-refractivity contribution in [1.29, 1.82) is 5.26 Å². The summed E-state index contributed by atoms with van der Waals surface area (Å²) in [7, 11) is 5.08. The molecule has 1 aromatic rings. The molecule has 168 valence electrons. The summed E-state index contributed by atoms with van der Waals surface area (Å²) in [6.45, 7) is 2.81. The molecule has 1 fully saturated rings. The minimum Gasteiger partial charge on any atom is -0.491 e. The number of hydrogen-bond donors (Lipinski definition) is 0. The van der Waals surface area contributed by atoms with Crippen molar-refractivity contribution in [3.8, 4) is 11.8 Å². The lowest BCUT2D eigenvalue weighted by molar-refractivity contribution is -0.152. The molecule has 0 N–H and O–H groups in total. The first-order chi connectivity index (χ1) is 14.8. The zero-order chi connectivity index (χ0) is 22.5. The van der Waals surface area contributed by atoms with Crippen LogP contribution in [0.2, 0.25) is 0 Å². The van der Waals surface area contributed by atoms with Gasteiger partial charge in [-0.25, -0.2) is 0 Å². The number of likely N-dealkylation sites (N-methyl/N-ethyl adjacent to an activating group) is 1. The van der Waals surface area contributed by atoms with Crippen molar-refractivity contribution in [1.82, 2.24) is 9.80 Å². The molecule has 4 atom stereocenters. The van der Waals surface area contributed by atoms with E-state index in [4.69, 9.17) is 14.2 Å². The summed E-state index contributed by atoms with van der Waals surface area (Å²) < 4.78 is 17.8. The Morgan fingerprint density at radius 1 is 1.13 bits per heavy atom. The number of nitriles is 1. The maximum atomic E-state index is 13.1. The van der Waals surface area contributed by atoms with Crippen molar-refractivity contribution in [3.05, 3.63) is 29.3 Å². The van der Waals surface area contributed by atoms with Crippen LogP contribution in [0.15, 0.2) is 18.2 Å². The van der Waals surface area contributed by atoms with Gasteiger partial charge in [0, 0.05) is 40.7 Å². The molecular formula is C23H31N3O5. The van der Waals surface area contributed by atoms with Gasteiger partial charge in [-0.2, -0.15) is 5.26 Å². The summed E-state index contributed by atoms with van der Waals surface area (Å²) in [5.41, 5.74) is 0.639. The number of ether oxygens (including phenoxy) is 3. The molecule has 0 aromatic heterocycles. The van der Waals surface area contributed by atoms with Crippen LogP contribution in [0.4, 0.5) is 0 Å². The highest BCUT2D eigenvalue weighted by atomic mass is 16.5. The molecule has 8 heteroatoms. The van der Waals surface area contributed by atoms with Crippen molar-refractivity contribution in [2.45, 2.75) is 44.5 Å². The maximum absolute atomic E-state index is 13.1.